The Hall–Kier alpha value is -1.60. The van der Waals surface area contributed by atoms with Gasteiger partial charge in [0.25, 0.3) is 0 Å². The highest BCUT2D eigenvalue weighted by molar-refractivity contribution is 5.57. The van der Waals surface area contributed by atoms with E-state index in [1.54, 1.807) is 0 Å². The number of nitrogens with one attached hydrogen (secondary N) is 2. The highest BCUT2D eigenvalue weighted by atomic mass is 19.3. The van der Waals surface area contributed by atoms with Crippen molar-refractivity contribution in [1.82, 2.24) is 9.97 Å². The maximum absolute atomic E-state index is 13.0. The van der Waals surface area contributed by atoms with Crippen LogP contribution >= 0.6 is 0 Å². The lowest BCUT2D eigenvalue weighted by Crippen LogP contribution is -2.35. The van der Waals surface area contributed by atoms with Crippen molar-refractivity contribution in [1.29, 1.82) is 0 Å². The van der Waals surface area contributed by atoms with Crippen LogP contribution in [-0.4, -0.2) is 35.4 Å². The molecular formula is C13H20F4N4. The largest absolute Gasteiger partial charge is 0.370 e. The maximum atomic E-state index is 13.0. The van der Waals surface area contributed by atoms with E-state index in [1.165, 1.54) is 6.33 Å². The Morgan fingerprint density at radius 2 is 1.71 bits per heavy atom. The number of hydrogen-bond acceptors (Lipinski definition) is 4. The monoisotopic (exact) mass is 308 g/mol. The molecule has 1 aromatic heterocycles. The molecule has 0 aliphatic rings. The van der Waals surface area contributed by atoms with Crippen molar-refractivity contribution in [3.8, 4) is 0 Å². The first-order chi connectivity index (χ1) is 9.92. The van der Waals surface area contributed by atoms with Crippen molar-refractivity contribution in [2.45, 2.75) is 45.5 Å². The van der Waals surface area contributed by atoms with E-state index in [4.69, 9.17) is 0 Å². The van der Waals surface area contributed by atoms with Gasteiger partial charge in [0.2, 0.25) is 0 Å². The SMILES string of the molecule is CCCNc1ncnc(NCC(F)(F)C(F)F)c1CCC. The third-order valence-corrected chi connectivity index (χ3v) is 2.80. The van der Waals surface area contributed by atoms with Gasteiger partial charge in [-0.3, -0.25) is 0 Å². The summed E-state index contributed by atoms with van der Waals surface area (Å²) in [6.45, 7) is 3.43. The van der Waals surface area contributed by atoms with Gasteiger partial charge in [0.05, 0.1) is 6.54 Å². The number of hydrogen-bond donors (Lipinski definition) is 2. The molecule has 1 aromatic rings. The zero-order valence-electron chi connectivity index (χ0n) is 12.1. The predicted octanol–water partition coefficient (Wildman–Crippen LogP) is 3.56. The molecule has 0 aliphatic carbocycles. The Balaban J connectivity index is 2.90. The zero-order valence-corrected chi connectivity index (χ0v) is 12.1. The van der Waals surface area contributed by atoms with Gasteiger partial charge in [-0.1, -0.05) is 20.3 Å². The number of nitrogens with zero attached hydrogens (tertiary/aromatic N) is 2. The van der Waals surface area contributed by atoms with Crippen LogP contribution in [0.1, 0.15) is 32.3 Å². The minimum atomic E-state index is -4.09. The molecule has 120 valence electrons. The molecule has 4 nitrogen and oxygen atoms in total. The molecule has 0 saturated carbocycles. The highest BCUT2D eigenvalue weighted by Gasteiger charge is 2.40. The Morgan fingerprint density at radius 1 is 1.10 bits per heavy atom. The molecule has 0 spiro atoms. The second-order valence-corrected chi connectivity index (χ2v) is 4.64. The van der Waals surface area contributed by atoms with Gasteiger partial charge >= 0.3 is 12.3 Å². The minimum Gasteiger partial charge on any atom is -0.370 e. The topological polar surface area (TPSA) is 49.8 Å². The lowest BCUT2D eigenvalue weighted by atomic mass is 10.1. The molecule has 0 saturated heterocycles. The van der Waals surface area contributed by atoms with Crippen LogP contribution in [-0.2, 0) is 6.42 Å². The molecule has 0 radical (unpaired) electrons. The number of rotatable bonds is 9. The average Bonchev–Trinajstić information content (AvgIpc) is 2.44. The van der Waals surface area contributed by atoms with Gasteiger partial charge in [0, 0.05) is 12.1 Å². The molecule has 0 bridgehead atoms. The van der Waals surface area contributed by atoms with Gasteiger partial charge < -0.3 is 10.6 Å². The van der Waals surface area contributed by atoms with E-state index >= 15 is 0 Å². The van der Waals surface area contributed by atoms with E-state index in [0.717, 1.165) is 12.8 Å². The van der Waals surface area contributed by atoms with E-state index in [1.807, 2.05) is 13.8 Å². The first kappa shape index (κ1) is 17.5. The van der Waals surface area contributed by atoms with Crippen LogP contribution in [0.15, 0.2) is 6.33 Å². The van der Waals surface area contributed by atoms with Crippen LogP contribution in [0, 0.1) is 0 Å². The number of halogens is 4. The van der Waals surface area contributed by atoms with Crippen molar-refractivity contribution in [3.63, 3.8) is 0 Å². The lowest BCUT2D eigenvalue weighted by molar-refractivity contribution is -0.117. The third kappa shape index (κ3) is 5.02. The summed E-state index contributed by atoms with van der Waals surface area (Å²) in [6, 6.07) is 0. The fraction of sp³-hybridized carbons (Fsp3) is 0.692. The Morgan fingerprint density at radius 3 is 2.24 bits per heavy atom. The van der Waals surface area contributed by atoms with E-state index in [-0.39, 0.29) is 5.82 Å². The molecule has 21 heavy (non-hydrogen) atoms. The maximum Gasteiger partial charge on any atom is 0.324 e. The standard InChI is InChI=1S/C13H20F4N4/c1-3-5-9-10(18-6-4-2)20-8-21-11(9)19-7-13(16,17)12(14)15/h8,12H,3-7H2,1-2H3,(H2,18,19,20,21). The van der Waals surface area contributed by atoms with Crippen LogP contribution in [0.2, 0.25) is 0 Å². The zero-order chi connectivity index (χ0) is 15.9. The smallest absolute Gasteiger partial charge is 0.324 e. The van der Waals surface area contributed by atoms with Crippen molar-refractivity contribution in [2.75, 3.05) is 23.7 Å². The van der Waals surface area contributed by atoms with Crippen molar-refractivity contribution < 1.29 is 17.6 Å². The molecule has 2 N–H and O–H groups in total. The third-order valence-electron chi connectivity index (χ3n) is 2.80. The molecule has 0 aliphatic heterocycles. The summed E-state index contributed by atoms with van der Waals surface area (Å²) in [5.41, 5.74) is 0.638. The molecule has 8 heteroatoms. The van der Waals surface area contributed by atoms with Gasteiger partial charge in [-0.15, -0.1) is 0 Å². The fourth-order valence-corrected chi connectivity index (χ4v) is 1.73. The Labute approximate surface area is 121 Å². The van der Waals surface area contributed by atoms with Crippen molar-refractivity contribution >= 4 is 11.6 Å². The summed E-state index contributed by atoms with van der Waals surface area (Å²) in [7, 11) is 0. The van der Waals surface area contributed by atoms with Crippen LogP contribution < -0.4 is 10.6 Å². The second-order valence-electron chi connectivity index (χ2n) is 4.64. The summed E-state index contributed by atoms with van der Waals surface area (Å²) < 4.78 is 50.3. The summed E-state index contributed by atoms with van der Waals surface area (Å²) in [5, 5.41) is 5.40. The Kier molecular flexibility index (Phi) is 6.64. The summed E-state index contributed by atoms with van der Waals surface area (Å²) in [5.74, 6) is -3.37. The fourth-order valence-electron chi connectivity index (χ4n) is 1.73. The Bertz CT molecular complexity index is 440. The van der Waals surface area contributed by atoms with E-state index < -0.39 is 18.9 Å². The molecular weight excluding hydrogens is 288 g/mol. The summed E-state index contributed by atoms with van der Waals surface area (Å²) in [6.07, 6.45) is -0.287. The molecule has 0 amide bonds. The first-order valence-corrected chi connectivity index (χ1v) is 6.90. The predicted molar refractivity (Wildman–Crippen MR) is 74.2 cm³/mol. The molecule has 0 aromatic carbocycles. The van der Waals surface area contributed by atoms with Crippen LogP contribution in [0.25, 0.3) is 0 Å². The van der Waals surface area contributed by atoms with Gasteiger partial charge in [0.15, 0.2) is 0 Å². The second kappa shape index (κ2) is 7.99. The van der Waals surface area contributed by atoms with Crippen molar-refractivity contribution in [2.24, 2.45) is 0 Å². The molecule has 0 unspecified atom stereocenters. The summed E-state index contributed by atoms with van der Waals surface area (Å²) >= 11 is 0. The quantitative estimate of drug-likeness (QED) is 0.685. The average molecular weight is 308 g/mol. The van der Waals surface area contributed by atoms with E-state index in [0.29, 0.717) is 24.3 Å². The van der Waals surface area contributed by atoms with Gasteiger partial charge in [-0.2, -0.15) is 8.78 Å². The number of alkyl halides is 4. The van der Waals surface area contributed by atoms with E-state index in [9.17, 15) is 17.6 Å². The van der Waals surface area contributed by atoms with Crippen LogP contribution in [0.3, 0.4) is 0 Å². The van der Waals surface area contributed by atoms with Crippen LogP contribution in [0.5, 0.6) is 0 Å². The van der Waals surface area contributed by atoms with Crippen LogP contribution in [0.4, 0.5) is 29.2 Å². The summed E-state index contributed by atoms with van der Waals surface area (Å²) in [4.78, 5) is 7.97. The molecule has 0 fully saturated rings. The molecule has 0 atom stereocenters. The molecule has 1 heterocycles. The normalized spacial score (nSPS) is 11.8. The number of anilines is 2. The van der Waals surface area contributed by atoms with Gasteiger partial charge in [-0.25, -0.2) is 18.7 Å². The molecule has 1 rings (SSSR count). The lowest BCUT2D eigenvalue weighted by Gasteiger charge is -2.19. The van der Waals surface area contributed by atoms with Gasteiger partial charge in [-0.05, 0) is 12.8 Å². The first-order valence-electron chi connectivity index (χ1n) is 6.90. The minimum absolute atomic E-state index is 0.172. The van der Waals surface area contributed by atoms with Gasteiger partial charge in [0.1, 0.15) is 18.0 Å². The van der Waals surface area contributed by atoms with E-state index in [2.05, 4.69) is 20.6 Å². The number of aromatic nitrogens is 2. The highest BCUT2D eigenvalue weighted by Crippen LogP contribution is 2.26. The van der Waals surface area contributed by atoms with Crippen molar-refractivity contribution in [3.05, 3.63) is 11.9 Å².